The SMILES string of the molecule is CCCCNC(=O)c1ccccc1NC(=O)c1ccccc1N(Cc1ccccc1)S(C)(=O)=O. The summed E-state index contributed by atoms with van der Waals surface area (Å²) < 4.78 is 26.6. The van der Waals surface area contributed by atoms with Crippen LogP contribution in [0.25, 0.3) is 0 Å². The van der Waals surface area contributed by atoms with Crippen molar-refractivity contribution in [2.45, 2.75) is 26.3 Å². The van der Waals surface area contributed by atoms with Gasteiger partial charge in [-0.3, -0.25) is 13.9 Å². The van der Waals surface area contributed by atoms with Crippen molar-refractivity contribution in [2.75, 3.05) is 22.4 Å². The van der Waals surface area contributed by atoms with Gasteiger partial charge in [0.2, 0.25) is 10.0 Å². The normalized spacial score (nSPS) is 11.0. The smallest absolute Gasteiger partial charge is 0.257 e. The van der Waals surface area contributed by atoms with E-state index < -0.39 is 15.9 Å². The molecule has 0 aliphatic rings. The summed E-state index contributed by atoms with van der Waals surface area (Å²) in [6, 6.07) is 22.4. The van der Waals surface area contributed by atoms with Gasteiger partial charge in [0.15, 0.2) is 0 Å². The molecule has 34 heavy (non-hydrogen) atoms. The number of benzene rings is 3. The van der Waals surface area contributed by atoms with Gasteiger partial charge in [-0.25, -0.2) is 8.42 Å². The monoisotopic (exact) mass is 479 g/mol. The number of carbonyl (C=O) groups excluding carboxylic acids is 2. The van der Waals surface area contributed by atoms with Gasteiger partial charge >= 0.3 is 0 Å². The molecule has 0 bridgehead atoms. The van der Waals surface area contributed by atoms with Crippen LogP contribution in [0.4, 0.5) is 11.4 Å². The number of nitrogens with one attached hydrogen (secondary N) is 2. The maximum Gasteiger partial charge on any atom is 0.257 e. The highest BCUT2D eigenvalue weighted by Crippen LogP contribution is 2.26. The van der Waals surface area contributed by atoms with Crippen molar-refractivity contribution < 1.29 is 18.0 Å². The minimum Gasteiger partial charge on any atom is -0.352 e. The number of hydrogen-bond donors (Lipinski definition) is 2. The fraction of sp³-hybridized carbons (Fsp3) is 0.231. The van der Waals surface area contributed by atoms with Crippen molar-refractivity contribution >= 4 is 33.2 Å². The number of amides is 2. The number of hydrogen-bond acceptors (Lipinski definition) is 4. The van der Waals surface area contributed by atoms with Gasteiger partial charge in [-0.05, 0) is 36.2 Å². The number of para-hydroxylation sites is 2. The Hall–Kier alpha value is -3.65. The number of sulfonamides is 1. The van der Waals surface area contributed by atoms with E-state index in [1.165, 1.54) is 4.31 Å². The van der Waals surface area contributed by atoms with Gasteiger partial charge in [-0.2, -0.15) is 0 Å². The molecule has 2 amide bonds. The fourth-order valence-electron chi connectivity index (χ4n) is 3.47. The van der Waals surface area contributed by atoms with Crippen LogP contribution >= 0.6 is 0 Å². The first-order valence-corrected chi connectivity index (χ1v) is 13.0. The van der Waals surface area contributed by atoms with Crippen molar-refractivity contribution in [1.29, 1.82) is 0 Å². The first kappa shape index (κ1) is 25.0. The molecular weight excluding hydrogens is 450 g/mol. The van der Waals surface area contributed by atoms with Crippen LogP contribution < -0.4 is 14.9 Å². The minimum absolute atomic E-state index is 0.0837. The van der Waals surface area contributed by atoms with Crippen molar-refractivity contribution in [1.82, 2.24) is 5.32 Å². The van der Waals surface area contributed by atoms with Crippen molar-refractivity contribution in [3.63, 3.8) is 0 Å². The average Bonchev–Trinajstić information content (AvgIpc) is 2.83. The maximum absolute atomic E-state index is 13.3. The third-order valence-corrected chi connectivity index (χ3v) is 6.35. The number of rotatable bonds is 10. The van der Waals surface area contributed by atoms with E-state index >= 15 is 0 Å². The third-order valence-electron chi connectivity index (χ3n) is 5.22. The van der Waals surface area contributed by atoms with E-state index in [1.54, 1.807) is 48.5 Å². The summed E-state index contributed by atoms with van der Waals surface area (Å²) in [5.41, 5.74) is 1.93. The highest BCUT2D eigenvalue weighted by atomic mass is 32.2. The summed E-state index contributed by atoms with van der Waals surface area (Å²) in [6.07, 6.45) is 2.92. The van der Waals surface area contributed by atoms with E-state index in [2.05, 4.69) is 10.6 Å². The molecule has 0 unspecified atom stereocenters. The molecular formula is C26H29N3O4S. The Kier molecular flexibility index (Phi) is 8.43. The number of carbonyl (C=O) groups is 2. The van der Waals surface area contributed by atoms with Crippen LogP contribution in [0.15, 0.2) is 78.9 Å². The Morgan fingerprint density at radius 3 is 2.12 bits per heavy atom. The van der Waals surface area contributed by atoms with E-state index in [0.717, 1.165) is 24.7 Å². The fourth-order valence-corrected chi connectivity index (χ4v) is 4.37. The van der Waals surface area contributed by atoms with Gasteiger partial charge in [-0.1, -0.05) is 67.9 Å². The van der Waals surface area contributed by atoms with E-state index in [1.807, 2.05) is 37.3 Å². The van der Waals surface area contributed by atoms with Gasteiger partial charge in [0.25, 0.3) is 11.8 Å². The second kappa shape index (κ2) is 11.5. The second-order valence-electron chi connectivity index (χ2n) is 7.88. The van der Waals surface area contributed by atoms with Crippen LogP contribution in [0, 0.1) is 0 Å². The van der Waals surface area contributed by atoms with Crippen LogP contribution in [0.1, 0.15) is 46.0 Å². The quantitative estimate of drug-likeness (QED) is 0.421. The number of anilines is 2. The molecule has 2 N–H and O–H groups in total. The standard InChI is InChI=1S/C26H29N3O4S/c1-3-4-18-27-25(30)21-14-8-10-16-23(21)28-26(31)22-15-9-11-17-24(22)29(34(2,32)33)19-20-12-6-5-7-13-20/h5-17H,3-4,18-19H2,1-2H3,(H,27,30)(H,28,31). The van der Waals surface area contributed by atoms with E-state index in [-0.39, 0.29) is 23.7 Å². The van der Waals surface area contributed by atoms with Crippen molar-refractivity contribution in [3.05, 3.63) is 95.6 Å². The Morgan fingerprint density at radius 2 is 1.44 bits per heavy atom. The lowest BCUT2D eigenvalue weighted by molar-refractivity contribution is 0.0954. The zero-order chi connectivity index (χ0) is 24.6. The zero-order valence-corrected chi connectivity index (χ0v) is 20.1. The van der Waals surface area contributed by atoms with Crippen LogP contribution in [-0.4, -0.2) is 33.0 Å². The lowest BCUT2D eigenvalue weighted by Gasteiger charge is -2.25. The molecule has 3 aromatic carbocycles. The summed E-state index contributed by atoms with van der Waals surface area (Å²) >= 11 is 0. The number of unbranched alkanes of at least 4 members (excludes halogenated alkanes) is 1. The molecule has 0 aliphatic carbocycles. The van der Waals surface area contributed by atoms with Crippen LogP contribution in [0.5, 0.6) is 0 Å². The first-order chi connectivity index (χ1) is 16.3. The molecule has 0 radical (unpaired) electrons. The zero-order valence-electron chi connectivity index (χ0n) is 19.3. The second-order valence-corrected chi connectivity index (χ2v) is 9.79. The van der Waals surface area contributed by atoms with Crippen LogP contribution in [0.3, 0.4) is 0 Å². The summed E-state index contributed by atoms with van der Waals surface area (Å²) in [5, 5.41) is 5.64. The van der Waals surface area contributed by atoms with E-state index in [0.29, 0.717) is 17.8 Å². The van der Waals surface area contributed by atoms with Gasteiger partial charge in [0, 0.05) is 6.54 Å². The maximum atomic E-state index is 13.3. The van der Waals surface area contributed by atoms with E-state index in [9.17, 15) is 18.0 Å². The predicted octanol–water partition coefficient (Wildman–Crippen LogP) is 4.44. The van der Waals surface area contributed by atoms with Crippen molar-refractivity contribution in [2.24, 2.45) is 0 Å². The first-order valence-electron chi connectivity index (χ1n) is 11.1. The molecule has 3 aromatic rings. The lowest BCUT2D eigenvalue weighted by Crippen LogP contribution is -2.31. The predicted molar refractivity (Wildman–Crippen MR) is 136 cm³/mol. The van der Waals surface area contributed by atoms with Gasteiger partial charge < -0.3 is 10.6 Å². The molecule has 0 saturated heterocycles. The van der Waals surface area contributed by atoms with Gasteiger partial charge in [0.1, 0.15) is 0 Å². The van der Waals surface area contributed by atoms with Crippen LogP contribution in [0.2, 0.25) is 0 Å². The number of nitrogens with zero attached hydrogens (tertiary/aromatic N) is 1. The Labute approximate surface area is 200 Å². The summed E-state index contributed by atoms with van der Waals surface area (Å²) in [7, 11) is -3.69. The molecule has 7 nitrogen and oxygen atoms in total. The van der Waals surface area contributed by atoms with Crippen LogP contribution in [-0.2, 0) is 16.6 Å². The lowest BCUT2D eigenvalue weighted by atomic mass is 10.1. The Morgan fingerprint density at radius 1 is 0.824 bits per heavy atom. The molecule has 0 aromatic heterocycles. The molecule has 178 valence electrons. The minimum atomic E-state index is -3.69. The molecule has 0 aliphatic heterocycles. The summed E-state index contributed by atoms with van der Waals surface area (Å²) in [5.74, 6) is -0.786. The molecule has 0 spiro atoms. The topological polar surface area (TPSA) is 95.6 Å². The average molecular weight is 480 g/mol. The highest BCUT2D eigenvalue weighted by Gasteiger charge is 2.24. The summed E-state index contributed by atoms with van der Waals surface area (Å²) in [6.45, 7) is 2.67. The summed E-state index contributed by atoms with van der Waals surface area (Å²) in [4.78, 5) is 25.9. The largest absolute Gasteiger partial charge is 0.352 e. The third kappa shape index (κ3) is 6.45. The molecule has 0 atom stereocenters. The molecule has 3 rings (SSSR count). The Bertz CT molecular complexity index is 1240. The highest BCUT2D eigenvalue weighted by molar-refractivity contribution is 7.92. The molecule has 0 fully saturated rings. The van der Waals surface area contributed by atoms with Crippen molar-refractivity contribution in [3.8, 4) is 0 Å². The van der Waals surface area contributed by atoms with Gasteiger partial charge in [-0.15, -0.1) is 0 Å². The Balaban J connectivity index is 1.91. The van der Waals surface area contributed by atoms with Gasteiger partial charge in [0.05, 0.1) is 35.3 Å². The molecule has 0 saturated carbocycles. The molecule has 8 heteroatoms. The molecule has 0 heterocycles. The van der Waals surface area contributed by atoms with E-state index in [4.69, 9.17) is 0 Å².